The smallest absolute Gasteiger partial charge is 0.276 e. The molecule has 144 valence electrons. The van der Waals surface area contributed by atoms with Gasteiger partial charge in [0.15, 0.2) is 6.61 Å². The minimum absolute atomic E-state index is 0.0719. The molecule has 3 N–H and O–H groups in total. The van der Waals surface area contributed by atoms with Gasteiger partial charge in [0.1, 0.15) is 11.6 Å². The van der Waals surface area contributed by atoms with Gasteiger partial charge in [-0.05, 0) is 17.7 Å². The average Bonchev–Trinajstić information content (AvgIpc) is 3.18. The molecule has 1 heterocycles. The van der Waals surface area contributed by atoms with Crippen LogP contribution in [0.2, 0.25) is 0 Å². The zero-order valence-corrected chi connectivity index (χ0v) is 15.7. The third kappa shape index (κ3) is 6.44. The van der Waals surface area contributed by atoms with Gasteiger partial charge in [0.2, 0.25) is 11.1 Å². The van der Waals surface area contributed by atoms with E-state index in [0.717, 1.165) is 11.4 Å². The Morgan fingerprint density at radius 2 is 1.64 bits per heavy atom. The molecule has 28 heavy (non-hydrogen) atoms. The lowest BCUT2D eigenvalue weighted by atomic mass is 10.1. The van der Waals surface area contributed by atoms with Crippen molar-refractivity contribution in [2.75, 3.05) is 12.4 Å². The first-order chi connectivity index (χ1) is 13.7. The van der Waals surface area contributed by atoms with E-state index in [9.17, 15) is 9.59 Å². The Kier molecular flexibility index (Phi) is 7.02. The number of benzene rings is 2. The van der Waals surface area contributed by atoms with Gasteiger partial charge in [0, 0.05) is 6.42 Å². The van der Waals surface area contributed by atoms with Gasteiger partial charge in [-0.3, -0.25) is 25.5 Å². The van der Waals surface area contributed by atoms with Crippen LogP contribution in [0.1, 0.15) is 11.4 Å². The molecule has 0 aliphatic carbocycles. The summed E-state index contributed by atoms with van der Waals surface area (Å²) in [5.74, 6) is 0.552. The Hall–Kier alpha value is -3.33. The highest BCUT2D eigenvalue weighted by atomic mass is 32.2. The van der Waals surface area contributed by atoms with Crippen LogP contribution in [0.25, 0.3) is 0 Å². The molecule has 0 aliphatic rings. The number of ether oxygens (including phenoxy) is 1. The molecule has 2 amide bonds. The van der Waals surface area contributed by atoms with Crippen LogP contribution in [0, 0.1) is 0 Å². The van der Waals surface area contributed by atoms with E-state index >= 15 is 0 Å². The normalized spacial score (nSPS) is 10.3. The number of para-hydroxylation sites is 1. The molecule has 1 aromatic heterocycles. The summed E-state index contributed by atoms with van der Waals surface area (Å²) < 4.78 is 5.29. The van der Waals surface area contributed by atoms with Gasteiger partial charge in [-0.2, -0.15) is 0 Å². The first kappa shape index (κ1) is 19.4. The molecule has 0 atom stereocenters. The zero-order chi connectivity index (χ0) is 19.6. The number of thioether (sulfide) groups is 1. The molecular formula is C19H19N5O3S. The number of nitrogens with one attached hydrogen (secondary N) is 3. The number of aromatic nitrogens is 3. The summed E-state index contributed by atoms with van der Waals surface area (Å²) in [6, 6.07) is 18.8. The summed E-state index contributed by atoms with van der Waals surface area (Å²) in [7, 11) is 0. The first-order valence-electron chi connectivity index (χ1n) is 8.52. The lowest BCUT2D eigenvalue weighted by Crippen LogP contribution is -2.44. The van der Waals surface area contributed by atoms with E-state index < -0.39 is 5.91 Å². The lowest BCUT2D eigenvalue weighted by Gasteiger charge is -2.08. The third-order valence-corrected chi connectivity index (χ3v) is 4.36. The Bertz CT molecular complexity index is 902. The number of hydrogen-bond donors (Lipinski definition) is 3. The predicted molar refractivity (Wildman–Crippen MR) is 105 cm³/mol. The monoisotopic (exact) mass is 397 g/mol. The summed E-state index contributed by atoms with van der Waals surface area (Å²) in [5.41, 5.74) is 5.75. The fourth-order valence-electron chi connectivity index (χ4n) is 2.22. The number of carbonyl (C=O) groups excluding carboxylic acids is 2. The molecule has 0 unspecified atom stereocenters. The number of rotatable bonds is 8. The second-order valence-corrected chi connectivity index (χ2v) is 6.66. The largest absolute Gasteiger partial charge is 0.484 e. The summed E-state index contributed by atoms with van der Waals surface area (Å²) in [6.45, 7) is -0.193. The average molecular weight is 397 g/mol. The second kappa shape index (κ2) is 10.1. The Morgan fingerprint density at radius 1 is 0.964 bits per heavy atom. The van der Waals surface area contributed by atoms with E-state index in [-0.39, 0.29) is 18.3 Å². The highest BCUT2D eigenvalue weighted by Gasteiger charge is 2.09. The predicted octanol–water partition coefficient (Wildman–Crippen LogP) is 1.71. The number of aromatic amines is 1. The molecule has 0 radical (unpaired) electrons. The standard InChI is InChI=1S/C19H19N5O3S/c25-17(12-27-15-9-5-2-6-10-15)22-23-18(26)13-28-19-20-16(21-24-19)11-14-7-3-1-4-8-14/h1-10H,11-13H2,(H,22,25)(H,23,26)(H,20,21,24). The Morgan fingerprint density at radius 3 is 2.39 bits per heavy atom. The molecule has 0 bridgehead atoms. The van der Waals surface area contributed by atoms with Crippen LogP contribution in [0.15, 0.2) is 65.8 Å². The van der Waals surface area contributed by atoms with Crippen molar-refractivity contribution >= 4 is 23.6 Å². The maximum Gasteiger partial charge on any atom is 0.276 e. The Labute approximate surface area is 166 Å². The molecule has 0 aliphatic heterocycles. The van der Waals surface area contributed by atoms with Crippen molar-refractivity contribution in [2.45, 2.75) is 11.6 Å². The SMILES string of the molecule is O=C(COc1ccccc1)NNC(=O)CSc1n[nH]c(Cc2ccccc2)n1. The molecule has 0 saturated carbocycles. The highest BCUT2D eigenvalue weighted by molar-refractivity contribution is 7.99. The Balaban J connectivity index is 1.34. The minimum Gasteiger partial charge on any atom is -0.484 e. The van der Waals surface area contributed by atoms with Crippen LogP contribution in [-0.4, -0.2) is 39.4 Å². The fraction of sp³-hybridized carbons (Fsp3) is 0.158. The number of hydrogen-bond acceptors (Lipinski definition) is 6. The number of carbonyl (C=O) groups is 2. The zero-order valence-electron chi connectivity index (χ0n) is 14.9. The van der Waals surface area contributed by atoms with E-state index in [2.05, 4.69) is 26.0 Å². The third-order valence-electron chi connectivity index (χ3n) is 3.51. The molecule has 2 aromatic carbocycles. The molecule has 0 fully saturated rings. The van der Waals surface area contributed by atoms with Gasteiger partial charge in [0.25, 0.3) is 5.91 Å². The van der Waals surface area contributed by atoms with E-state index in [1.54, 1.807) is 24.3 Å². The van der Waals surface area contributed by atoms with Gasteiger partial charge in [-0.25, -0.2) is 4.98 Å². The summed E-state index contributed by atoms with van der Waals surface area (Å²) >= 11 is 1.17. The fourth-order valence-corrected chi connectivity index (χ4v) is 2.84. The van der Waals surface area contributed by atoms with Crippen LogP contribution in [0.3, 0.4) is 0 Å². The molecule has 8 nitrogen and oxygen atoms in total. The van der Waals surface area contributed by atoms with Crippen LogP contribution < -0.4 is 15.6 Å². The molecule has 0 spiro atoms. The van der Waals surface area contributed by atoms with Crippen LogP contribution in [-0.2, 0) is 16.0 Å². The van der Waals surface area contributed by atoms with Crippen molar-refractivity contribution in [3.05, 3.63) is 72.1 Å². The topological polar surface area (TPSA) is 109 Å². The van der Waals surface area contributed by atoms with Crippen LogP contribution in [0.4, 0.5) is 0 Å². The van der Waals surface area contributed by atoms with E-state index in [1.807, 2.05) is 36.4 Å². The molecule has 3 aromatic rings. The second-order valence-electron chi connectivity index (χ2n) is 5.71. The maximum absolute atomic E-state index is 11.8. The number of amides is 2. The van der Waals surface area contributed by atoms with Gasteiger partial charge < -0.3 is 4.74 Å². The molecular weight excluding hydrogens is 378 g/mol. The minimum atomic E-state index is -0.453. The van der Waals surface area contributed by atoms with E-state index in [0.29, 0.717) is 17.3 Å². The number of H-pyrrole nitrogens is 1. The van der Waals surface area contributed by atoms with Crippen molar-refractivity contribution in [1.82, 2.24) is 26.0 Å². The summed E-state index contributed by atoms with van der Waals surface area (Å²) in [6.07, 6.45) is 0.637. The van der Waals surface area contributed by atoms with Gasteiger partial charge in [0.05, 0.1) is 5.75 Å². The van der Waals surface area contributed by atoms with E-state index in [1.165, 1.54) is 11.8 Å². The van der Waals surface area contributed by atoms with Crippen molar-refractivity contribution in [2.24, 2.45) is 0 Å². The van der Waals surface area contributed by atoms with Crippen molar-refractivity contribution in [3.8, 4) is 5.75 Å². The molecule has 0 saturated heterocycles. The number of nitrogens with zero attached hydrogens (tertiary/aromatic N) is 2. The van der Waals surface area contributed by atoms with Crippen LogP contribution >= 0.6 is 11.8 Å². The summed E-state index contributed by atoms with van der Waals surface area (Å²) in [5, 5.41) is 7.41. The maximum atomic E-state index is 11.8. The van der Waals surface area contributed by atoms with Gasteiger partial charge >= 0.3 is 0 Å². The van der Waals surface area contributed by atoms with Crippen molar-refractivity contribution in [1.29, 1.82) is 0 Å². The lowest BCUT2D eigenvalue weighted by molar-refractivity contribution is -0.128. The highest BCUT2D eigenvalue weighted by Crippen LogP contribution is 2.13. The van der Waals surface area contributed by atoms with Crippen molar-refractivity contribution < 1.29 is 14.3 Å². The van der Waals surface area contributed by atoms with Gasteiger partial charge in [-0.1, -0.05) is 60.3 Å². The molecule has 3 rings (SSSR count). The summed E-state index contributed by atoms with van der Waals surface area (Å²) in [4.78, 5) is 27.9. The van der Waals surface area contributed by atoms with Crippen LogP contribution in [0.5, 0.6) is 5.75 Å². The van der Waals surface area contributed by atoms with Gasteiger partial charge in [-0.15, -0.1) is 5.10 Å². The van der Waals surface area contributed by atoms with E-state index in [4.69, 9.17) is 4.74 Å². The quantitative estimate of drug-likeness (QED) is 0.394. The first-order valence-corrected chi connectivity index (χ1v) is 9.51. The molecule has 9 heteroatoms. The van der Waals surface area contributed by atoms with Crippen molar-refractivity contribution in [3.63, 3.8) is 0 Å². The number of hydrazine groups is 1.